The first-order chi connectivity index (χ1) is 12.5. The van der Waals surface area contributed by atoms with E-state index in [0.717, 1.165) is 0 Å². The molecule has 0 atom stereocenters. The van der Waals surface area contributed by atoms with Gasteiger partial charge in [0.2, 0.25) is 5.75 Å². The Morgan fingerprint density at radius 2 is 2.04 bits per heavy atom. The highest BCUT2D eigenvalue weighted by atomic mass is 16.6. The summed E-state index contributed by atoms with van der Waals surface area (Å²) in [4.78, 5) is 22.7. The average molecular weight is 358 g/mol. The van der Waals surface area contributed by atoms with Crippen LogP contribution in [0.25, 0.3) is 0 Å². The zero-order chi connectivity index (χ0) is 19.1. The number of rotatable bonds is 7. The lowest BCUT2D eigenvalue weighted by Crippen LogP contribution is -2.17. The number of methoxy groups -OCH3 is 1. The largest absolute Gasteiger partial charge is 0.493 e. The quantitative estimate of drug-likeness (QED) is 0.338. The topological polar surface area (TPSA) is 129 Å². The van der Waals surface area contributed by atoms with Gasteiger partial charge in [0.1, 0.15) is 0 Å². The number of nitro groups is 1. The third-order valence-corrected chi connectivity index (χ3v) is 3.32. The lowest BCUT2D eigenvalue weighted by Gasteiger charge is -2.10. The van der Waals surface area contributed by atoms with Crippen LogP contribution in [0.15, 0.2) is 41.5 Å². The Morgan fingerprint density at radius 3 is 2.62 bits per heavy atom. The highest BCUT2D eigenvalue weighted by Gasteiger charge is 2.21. The summed E-state index contributed by atoms with van der Waals surface area (Å²) in [5, 5.41) is 15.1. The zero-order valence-corrected chi connectivity index (χ0v) is 14.3. The van der Waals surface area contributed by atoms with Gasteiger partial charge < -0.3 is 15.2 Å². The molecule has 2 aromatic carbocycles. The molecule has 0 aliphatic rings. The molecule has 3 N–H and O–H groups in total. The van der Waals surface area contributed by atoms with E-state index in [1.165, 1.54) is 25.5 Å². The Morgan fingerprint density at radius 1 is 1.35 bits per heavy atom. The molecule has 0 radical (unpaired) electrons. The number of hydrazone groups is 1. The number of nitrogens with one attached hydrogen (secondary N) is 1. The fraction of sp³-hybridized carbons (Fsp3) is 0.176. The number of nitrogens with two attached hydrogens (primary N) is 1. The van der Waals surface area contributed by atoms with E-state index in [0.29, 0.717) is 16.8 Å². The van der Waals surface area contributed by atoms with Gasteiger partial charge in [0.15, 0.2) is 5.75 Å². The van der Waals surface area contributed by atoms with E-state index in [2.05, 4.69) is 10.5 Å². The fourth-order valence-corrected chi connectivity index (χ4v) is 2.12. The van der Waals surface area contributed by atoms with Crippen molar-refractivity contribution in [3.63, 3.8) is 0 Å². The van der Waals surface area contributed by atoms with Crippen molar-refractivity contribution in [3.8, 4) is 11.5 Å². The van der Waals surface area contributed by atoms with Gasteiger partial charge in [-0.25, -0.2) is 5.43 Å². The fourth-order valence-electron chi connectivity index (χ4n) is 2.12. The summed E-state index contributed by atoms with van der Waals surface area (Å²) in [6, 6.07) is 9.12. The number of benzene rings is 2. The third-order valence-electron chi connectivity index (χ3n) is 3.32. The number of carbonyl (C=O) groups is 1. The number of hydrogen-bond donors (Lipinski definition) is 2. The second kappa shape index (κ2) is 8.47. The Labute approximate surface area is 149 Å². The van der Waals surface area contributed by atoms with Crippen LogP contribution in [-0.2, 0) is 0 Å². The molecule has 0 saturated heterocycles. The first kappa shape index (κ1) is 18.7. The molecular weight excluding hydrogens is 340 g/mol. The van der Waals surface area contributed by atoms with Crippen molar-refractivity contribution in [2.45, 2.75) is 6.92 Å². The van der Waals surface area contributed by atoms with Gasteiger partial charge in [-0.1, -0.05) is 0 Å². The van der Waals surface area contributed by atoms with Crippen LogP contribution in [0, 0.1) is 10.1 Å². The van der Waals surface area contributed by atoms with Crippen molar-refractivity contribution in [3.05, 3.63) is 57.6 Å². The molecule has 9 nitrogen and oxygen atoms in total. The van der Waals surface area contributed by atoms with Crippen molar-refractivity contribution >= 4 is 23.5 Å². The maximum Gasteiger partial charge on any atom is 0.315 e. The smallest absolute Gasteiger partial charge is 0.315 e. The van der Waals surface area contributed by atoms with Crippen molar-refractivity contribution in [1.29, 1.82) is 0 Å². The zero-order valence-electron chi connectivity index (χ0n) is 14.3. The van der Waals surface area contributed by atoms with Gasteiger partial charge in [-0.2, -0.15) is 5.10 Å². The highest BCUT2D eigenvalue weighted by Crippen LogP contribution is 2.37. The first-order valence-corrected chi connectivity index (χ1v) is 7.64. The summed E-state index contributed by atoms with van der Waals surface area (Å²) in [6.45, 7) is 1.97. The summed E-state index contributed by atoms with van der Waals surface area (Å²) in [5.74, 6) is -0.191. The van der Waals surface area contributed by atoms with Gasteiger partial charge in [-0.3, -0.25) is 14.9 Å². The number of nitrogens with zero attached hydrogens (tertiary/aromatic N) is 2. The molecule has 0 bridgehead atoms. The predicted octanol–water partition coefficient (Wildman–Crippen LogP) is 2.35. The van der Waals surface area contributed by atoms with Crippen LogP contribution in [0.3, 0.4) is 0 Å². The molecule has 9 heteroatoms. The lowest BCUT2D eigenvalue weighted by molar-refractivity contribution is -0.385. The van der Waals surface area contributed by atoms with Crippen LogP contribution < -0.4 is 20.6 Å². The molecule has 0 aliphatic heterocycles. The minimum Gasteiger partial charge on any atom is -0.493 e. The molecule has 2 aromatic rings. The molecule has 1 amide bonds. The Hall–Kier alpha value is -3.62. The average Bonchev–Trinajstić information content (AvgIpc) is 2.62. The van der Waals surface area contributed by atoms with Crippen LogP contribution in [-0.4, -0.2) is 30.8 Å². The standard InChI is InChI=1S/C17H18N4O5/c1-3-26-16-14(21(23)24)8-11(9-15(16)25-2)10-19-20-17(22)12-4-6-13(18)7-5-12/h4-10H,3,18H2,1-2H3,(H,20,22)/b19-10-. The minimum atomic E-state index is -0.572. The van der Waals surface area contributed by atoms with E-state index >= 15 is 0 Å². The number of hydrogen-bond acceptors (Lipinski definition) is 7. The third kappa shape index (κ3) is 4.47. The minimum absolute atomic E-state index is 0.0445. The van der Waals surface area contributed by atoms with Crippen molar-refractivity contribution in [2.24, 2.45) is 5.10 Å². The van der Waals surface area contributed by atoms with E-state index < -0.39 is 10.8 Å². The summed E-state index contributed by atoms with van der Waals surface area (Å²) in [7, 11) is 1.38. The second-order valence-corrected chi connectivity index (χ2v) is 5.08. The normalized spacial score (nSPS) is 10.5. The summed E-state index contributed by atoms with van der Waals surface area (Å²) in [6.07, 6.45) is 1.28. The lowest BCUT2D eigenvalue weighted by atomic mass is 10.2. The molecule has 0 heterocycles. The molecule has 0 saturated carbocycles. The Kier molecular flexibility index (Phi) is 6.10. The first-order valence-electron chi connectivity index (χ1n) is 7.64. The Balaban J connectivity index is 2.21. The van der Waals surface area contributed by atoms with Crippen LogP contribution in [0.4, 0.5) is 11.4 Å². The molecule has 0 unspecified atom stereocenters. The SMILES string of the molecule is CCOc1c(OC)cc(/C=N\NC(=O)c2ccc(N)cc2)cc1[N+](=O)[O-]. The van der Waals surface area contributed by atoms with Crippen molar-refractivity contribution in [2.75, 3.05) is 19.5 Å². The van der Waals surface area contributed by atoms with Gasteiger partial charge in [0.25, 0.3) is 5.91 Å². The molecule has 0 aliphatic carbocycles. The summed E-state index contributed by atoms with van der Waals surface area (Å²) < 4.78 is 10.4. The summed E-state index contributed by atoms with van der Waals surface area (Å²) >= 11 is 0. The number of carbonyl (C=O) groups excluding carboxylic acids is 1. The van der Waals surface area contributed by atoms with E-state index in [1.54, 1.807) is 31.2 Å². The van der Waals surface area contributed by atoms with Gasteiger partial charge in [0, 0.05) is 22.9 Å². The van der Waals surface area contributed by atoms with Crippen LogP contribution >= 0.6 is 0 Å². The van der Waals surface area contributed by atoms with Gasteiger partial charge >= 0.3 is 5.69 Å². The molecule has 2 rings (SSSR count). The monoisotopic (exact) mass is 358 g/mol. The van der Waals surface area contributed by atoms with Crippen LogP contribution in [0.2, 0.25) is 0 Å². The van der Waals surface area contributed by atoms with Crippen molar-refractivity contribution < 1.29 is 19.2 Å². The molecule has 26 heavy (non-hydrogen) atoms. The molecule has 0 aromatic heterocycles. The van der Waals surface area contributed by atoms with Gasteiger partial charge in [-0.05, 0) is 37.3 Å². The van der Waals surface area contributed by atoms with E-state index in [9.17, 15) is 14.9 Å². The van der Waals surface area contributed by atoms with Gasteiger partial charge in [0.05, 0.1) is 24.9 Å². The van der Waals surface area contributed by atoms with Crippen LogP contribution in [0.5, 0.6) is 11.5 Å². The van der Waals surface area contributed by atoms with Gasteiger partial charge in [-0.15, -0.1) is 0 Å². The second-order valence-electron chi connectivity index (χ2n) is 5.08. The summed E-state index contributed by atoms with van der Waals surface area (Å²) in [5.41, 5.74) is 8.94. The maximum atomic E-state index is 12.0. The maximum absolute atomic E-state index is 12.0. The predicted molar refractivity (Wildman–Crippen MR) is 96.7 cm³/mol. The van der Waals surface area contributed by atoms with Crippen LogP contribution in [0.1, 0.15) is 22.8 Å². The molecule has 0 spiro atoms. The molecule has 136 valence electrons. The number of ether oxygens (including phenoxy) is 2. The van der Waals surface area contributed by atoms with Crippen molar-refractivity contribution in [1.82, 2.24) is 5.43 Å². The van der Waals surface area contributed by atoms with E-state index in [4.69, 9.17) is 15.2 Å². The molecular formula is C17H18N4O5. The molecule has 0 fully saturated rings. The number of nitro benzene ring substituents is 1. The number of nitrogen functional groups attached to an aromatic ring is 1. The Bertz CT molecular complexity index is 834. The highest BCUT2D eigenvalue weighted by molar-refractivity contribution is 5.95. The van der Waals surface area contributed by atoms with E-state index in [1.807, 2.05) is 0 Å². The van der Waals surface area contributed by atoms with E-state index in [-0.39, 0.29) is 23.8 Å². The number of amides is 1. The number of anilines is 1.